The number of nitrogens with zero attached hydrogens (tertiary/aromatic N) is 2. The van der Waals surface area contributed by atoms with Crippen LogP contribution in [0, 0.1) is 6.92 Å². The van der Waals surface area contributed by atoms with Crippen molar-refractivity contribution in [2.24, 2.45) is 0 Å². The van der Waals surface area contributed by atoms with Crippen LogP contribution in [-0.4, -0.2) is 24.9 Å². The van der Waals surface area contributed by atoms with Crippen molar-refractivity contribution < 1.29 is 8.42 Å². The van der Waals surface area contributed by atoms with Crippen molar-refractivity contribution >= 4 is 37.5 Å². The van der Waals surface area contributed by atoms with E-state index in [-0.39, 0.29) is 10.8 Å². The highest BCUT2D eigenvalue weighted by Gasteiger charge is 2.21. The first-order valence-corrected chi connectivity index (χ1v) is 8.55. The molecular weight excluding hydrogens is 356 g/mol. The van der Waals surface area contributed by atoms with Gasteiger partial charge in [-0.1, -0.05) is 0 Å². The molecule has 0 bridgehead atoms. The van der Waals surface area contributed by atoms with Gasteiger partial charge in [0.05, 0.1) is 5.69 Å². The van der Waals surface area contributed by atoms with E-state index < -0.39 is 10.0 Å². The van der Waals surface area contributed by atoms with Crippen molar-refractivity contribution in [3.63, 3.8) is 0 Å². The van der Waals surface area contributed by atoms with E-state index in [1.54, 1.807) is 25.1 Å². The van der Waals surface area contributed by atoms with Gasteiger partial charge in [-0.3, -0.25) is 4.72 Å². The van der Waals surface area contributed by atoms with Crippen molar-refractivity contribution in [1.29, 1.82) is 0 Å². The van der Waals surface area contributed by atoms with Gasteiger partial charge in [0, 0.05) is 23.4 Å². The second-order valence-corrected chi connectivity index (χ2v) is 6.82. The number of hydrogen-bond acceptors (Lipinski definition) is 5. The highest BCUT2D eigenvalue weighted by Crippen LogP contribution is 2.23. The summed E-state index contributed by atoms with van der Waals surface area (Å²) in [4.78, 5) is 8.04. The molecule has 2 aromatic heterocycles. The molecule has 0 fully saturated rings. The van der Waals surface area contributed by atoms with E-state index in [9.17, 15) is 8.42 Å². The van der Waals surface area contributed by atoms with Gasteiger partial charge in [-0.15, -0.1) is 0 Å². The molecule has 0 spiro atoms. The van der Waals surface area contributed by atoms with Gasteiger partial charge in [0.2, 0.25) is 0 Å². The fourth-order valence-corrected chi connectivity index (χ4v) is 3.39. The summed E-state index contributed by atoms with van der Waals surface area (Å²) < 4.78 is 28.2. The van der Waals surface area contributed by atoms with Crippen LogP contribution in [-0.2, 0) is 10.0 Å². The second-order valence-electron chi connectivity index (χ2n) is 4.31. The van der Waals surface area contributed by atoms with Crippen LogP contribution < -0.4 is 10.0 Å². The van der Waals surface area contributed by atoms with E-state index in [1.807, 2.05) is 6.92 Å². The zero-order valence-corrected chi connectivity index (χ0v) is 14.0. The number of nitrogens with one attached hydrogen (secondary N) is 2. The lowest BCUT2D eigenvalue weighted by atomic mass is 10.3. The number of halogens is 1. The van der Waals surface area contributed by atoms with Crippen LogP contribution in [0.4, 0.5) is 11.5 Å². The van der Waals surface area contributed by atoms with Crippen LogP contribution >= 0.6 is 15.9 Å². The summed E-state index contributed by atoms with van der Waals surface area (Å²) >= 11 is 3.29. The molecule has 0 aliphatic carbocycles. The van der Waals surface area contributed by atoms with Crippen LogP contribution in [0.25, 0.3) is 0 Å². The number of aromatic nitrogens is 2. The zero-order chi connectivity index (χ0) is 15.5. The van der Waals surface area contributed by atoms with Gasteiger partial charge >= 0.3 is 0 Å². The van der Waals surface area contributed by atoms with Crippen molar-refractivity contribution in [3.8, 4) is 0 Å². The molecule has 0 amide bonds. The third-order valence-electron chi connectivity index (χ3n) is 2.67. The van der Waals surface area contributed by atoms with Crippen molar-refractivity contribution in [1.82, 2.24) is 9.97 Å². The topological polar surface area (TPSA) is 84.0 Å². The van der Waals surface area contributed by atoms with Crippen LogP contribution in [0.5, 0.6) is 0 Å². The molecule has 6 nitrogen and oxygen atoms in total. The van der Waals surface area contributed by atoms with Crippen LogP contribution in [0.2, 0.25) is 0 Å². The van der Waals surface area contributed by atoms with E-state index in [2.05, 4.69) is 35.9 Å². The largest absolute Gasteiger partial charge is 0.383 e. The van der Waals surface area contributed by atoms with Gasteiger partial charge in [-0.05, 0) is 53.5 Å². The minimum Gasteiger partial charge on any atom is -0.383 e. The van der Waals surface area contributed by atoms with Crippen molar-refractivity contribution in [2.75, 3.05) is 16.6 Å². The Morgan fingerprint density at radius 1 is 1.33 bits per heavy atom. The SMILES string of the molecule is CCNc1cccnc1S(=O)(=O)Nc1ncc(Br)cc1C. The van der Waals surface area contributed by atoms with Gasteiger partial charge in [-0.2, -0.15) is 8.42 Å². The van der Waals surface area contributed by atoms with E-state index in [1.165, 1.54) is 12.4 Å². The molecule has 21 heavy (non-hydrogen) atoms. The molecule has 0 unspecified atom stereocenters. The summed E-state index contributed by atoms with van der Waals surface area (Å²) in [7, 11) is -3.80. The lowest BCUT2D eigenvalue weighted by molar-refractivity contribution is 0.597. The van der Waals surface area contributed by atoms with E-state index in [0.717, 1.165) is 4.47 Å². The van der Waals surface area contributed by atoms with Gasteiger partial charge in [-0.25, -0.2) is 9.97 Å². The molecule has 2 N–H and O–H groups in total. The monoisotopic (exact) mass is 370 g/mol. The summed E-state index contributed by atoms with van der Waals surface area (Å²) in [5.41, 5.74) is 1.18. The molecule has 0 saturated carbocycles. The molecule has 0 radical (unpaired) electrons. The van der Waals surface area contributed by atoms with Gasteiger partial charge in [0.25, 0.3) is 10.0 Å². The first-order chi connectivity index (χ1) is 9.94. The Kier molecular flexibility index (Phi) is 4.79. The first kappa shape index (κ1) is 15.7. The third kappa shape index (κ3) is 3.70. The van der Waals surface area contributed by atoms with Gasteiger partial charge in [0.1, 0.15) is 5.82 Å². The maximum atomic E-state index is 12.5. The standard InChI is InChI=1S/C13H15BrN4O2S/c1-3-15-11-5-4-6-16-13(11)21(19,20)18-12-9(2)7-10(14)8-17-12/h4-8,15H,3H2,1-2H3,(H,17,18). The molecule has 2 rings (SSSR count). The number of hydrogen-bond donors (Lipinski definition) is 2. The van der Waals surface area contributed by atoms with E-state index in [0.29, 0.717) is 17.8 Å². The van der Waals surface area contributed by atoms with Crippen molar-refractivity contribution in [2.45, 2.75) is 18.9 Å². The Hall–Kier alpha value is -1.67. The number of sulfonamides is 1. The van der Waals surface area contributed by atoms with Crippen LogP contribution in [0.3, 0.4) is 0 Å². The maximum Gasteiger partial charge on any atom is 0.282 e. The average Bonchev–Trinajstić information content (AvgIpc) is 2.43. The lowest BCUT2D eigenvalue weighted by Crippen LogP contribution is -2.18. The molecule has 2 heterocycles. The predicted molar refractivity (Wildman–Crippen MR) is 85.9 cm³/mol. The predicted octanol–water partition coefficient (Wildman–Crippen LogP) is 2.78. The maximum absolute atomic E-state index is 12.5. The Bertz CT molecular complexity index is 750. The lowest BCUT2D eigenvalue weighted by Gasteiger charge is -2.12. The molecular formula is C13H15BrN4O2S. The molecule has 8 heteroatoms. The Morgan fingerprint density at radius 2 is 2.10 bits per heavy atom. The molecule has 2 aromatic rings. The normalized spacial score (nSPS) is 11.2. The Balaban J connectivity index is 2.39. The fourth-order valence-electron chi connectivity index (χ4n) is 1.75. The number of aryl methyl sites for hydroxylation is 1. The Labute approximate surface area is 132 Å². The fraction of sp³-hybridized carbons (Fsp3) is 0.231. The molecule has 0 aliphatic rings. The van der Waals surface area contributed by atoms with Crippen molar-refractivity contribution in [3.05, 3.63) is 40.6 Å². The number of anilines is 2. The second kappa shape index (κ2) is 6.40. The molecule has 0 aliphatic heterocycles. The molecule has 112 valence electrons. The Morgan fingerprint density at radius 3 is 2.76 bits per heavy atom. The van der Waals surface area contributed by atoms with Gasteiger partial charge in [0.15, 0.2) is 5.03 Å². The number of pyridine rings is 2. The molecule has 0 aromatic carbocycles. The van der Waals surface area contributed by atoms with Crippen LogP contribution in [0.15, 0.2) is 40.1 Å². The minimum atomic E-state index is -3.80. The highest BCUT2D eigenvalue weighted by atomic mass is 79.9. The third-order valence-corrected chi connectivity index (χ3v) is 4.40. The highest BCUT2D eigenvalue weighted by molar-refractivity contribution is 9.10. The minimum absolute atomic E-state index is 0.0454. The molecule has 0 saturated heterocycles. The quantitative estimate of drug-likeness (QED) is 0.845. The van der Waals surface area contributed by atoms with Crippen LogP contribution in [0.1, 0.15) is 12.5 Å². The first-order valence-electron chi connectivity index (χ1n) is 6.28. The van der Waals surface area contributed by atoms with E-state index >= 15 is 0 Å². The van der Waals surface area contributed by atoms with Gasteiger partial charge < -0.3 is 5.32 Å². The average molecular weight is 371 g/mol. The summed E-state index contributed by atoms with van der Waals surface area (Å²) in [6, 6.07) is 5.14. The summed E-state index contributed by atoms with van der Waals surface area (Å²) in [5.74, 6) is 0.284. The smallest absolute Gasteiger partial charge is 0.282 e. The molecule has 0 atom stereocenters. The summed E-state index contributed by atoms with van der Waals surface area (Å²) in [6.45, 7) is 4.26. The zero-order valence-electron chi connectivity index (χ0n) is 11.6. The number of rotatable bonds is 5. The summed E-state index contributed by atoms with van der Waals surface area (Å²) in [5, 5.41) is 2.94. The van der Waals surface area contributed by atoms with E-state index in [4.69, 9.17) is 0 Å². The summed E-state index contributed by atoms with van der Waals surface area (Å²) in [6.07, 6.45) is 2.98.